The van der Waals surface area contributed by atoms with Crippen molar-refractivity contribution in [3.63, 3.8) is 0 Å². The number of aromatic amines is 1. The molecule has 0 fully saturated rings. The number of nitrogens with one attached hydrogen (secondary N) is 2. The fraction of sp³-hybridized carbons (Fsp3) is 0.211. The second-order valence-electron chi connectivity index (χ2n) is 6.05. The molecule has 1 heterocycles. The summed E-state index contributed by atoms with van der Waals surface area (Å²) >= 11 is 6.08. The van der Waals surface area contributed by atoms with Crippen molar-refractivity contribution in [3.8, 4) is 0 Å². The first kappa shape index (κ1) is 16.4. The van der Waals surface area contributed by atoms with Crippen molar-refractivity contribution in [1.29, 1.82) is 0 Å². The maximum atomic E-state index is 12.6. The van der Waals surface area contributed by atoms with E-state index in [4.69, 9.17) is 11.6 Å². The molecule has 0 saturated carbocycles. The number of halogens is 1. The minimum absolute atomic E-state index is 0.0618. The molecule has 2 aromatic carbocycles. The highest BCUT2D eigenvalue weighted by molar-refractivity contribution is 6.31. The molecule has 0 unspecified atom stereocenters. The normalized spacial score (nSPS) is 10.8. The van der Waals surface area contributed by atoms with Gasteiger partial charge in [-0.1, -0.05) is 29.8 Å². The zero-order valence-electron chi connectivity index (χ0n) is 14.0. The Hall–Kier alpha value is -2.46. The third kappa shape index (κ3) is 3.24. The van der Waals surface area contributed by atoms with Crippen LogP contribution in [-0.2, 0) is 11.2 Å². The van der Waals surface area contributed by atoms with Gasteiger partial charge in [0.2, 0.25) is 5.91 Å². The van der Waals surface area contributed by atoms with Crippen LogP contribution in [0, 0.1) is 6.92 Å². The first-order chi connectivity index (χ1) is 11.5. The van der Waals surface area contributed by atoms with Gasteiger partial charge in [0.05, 0.1) is 17.8 Å². The Morgan fingerprint density at radius 3 is 2.71 bits per heavy atom. The number of para-hydroxylation sites is 1. The molecular formula is C19H20ClN3O. The van der Waals surface area contributed by atoms with E-state index in [1.54, 1.807) is 6.07 Å². The Kier molecular flexibility index (Phi) is 4.49. The Bertz CT molecular complexity index is 899. The number of H-pyrrole nitrogens is 1. The van der Waals surface area contributed by atoms with Crippen molar-refractivity contribution in [3.05, 3.63) is 58.7 Å². The molecule has 1 aromatic heterocycles. The molecule has 0 aliphatic rings. The number of aryl methyl sites for hydroxylation is 1. The van der Waals surface area contributed by atoms with Gasteiger partial charge in [0.15, 0.2) is 0 Å². The fourth-order valence-electron chi connectivity index (χ4n) is 2.92. The predicted molar refractivity (Wildman–Crippen MR) is 101 cm³/mol. The van der Waals surface area contributed by atoms with Crippen LogP contribution >= 0.6 is 11.6 Å². The number of carbonyl (C=O) groups is 1. The average molecular weight is 342 g/mol. The van der Waals surface area contributed by atoms with Crippen LogP contribution in [0.5, 0.6) is 0 Å². The smallest absolute Gasteiger partial charge is 0.228 e. The van der Waals surface area contributed by atoms with Gasteiger partial charge in [-0.25, -0.2) is 0 Å². The summed E-state index contributed by atoms with van der Waals surface area (Å²) in [6.07, 6.45) is 0.315. The highest BCUT2D eigenvalue weighted by Gasteiger charge is 2.14. The number of hydrogen-bond donors (Lipinski definition) is 2. The van der Waals surface area contributed by atoms with E-state index in [0.717, 1.165) is 33.5 Å². The van der Waals surface area contributed by atoms with Crippen molar-refractivity contribution in [1.82, 2.24) is 4.98 Å². The molecule has 0 atom stereocenters. The summed E-state index contributed by atoms with van der Waals surface area (Å²) in [5.74, 6) is -0.0618. The fourth-order valence-corrected chi connectivity index (χ4v) is 3.09. The van der Waals surface area contributed by atoms with E-state index in [1.807, 2.05) is 62.3 Å². The van der Waals surface area contributed by atoms with Crippen molar-refractivity contribution < 1.29 is 4.79 Å². The number of benzene rings is 2. The van der Waals surface area contributed by atoms with Gasteiger partial charge >= 0.3 is 0 Å². The van der Waals surface area contributed by atoms with Gasteiger partial charge in [-0.3, -0.25) is 4.79 Å². The zero-order chi connectivity index (χ0) is 17.3. The SMILES string of the molecule is Cc1[nH]c2ccccc2c1CC(=O)Nc1cc(Cl)ccc1N(C)C. The Morgan fingerprint density at radius 1 is 1.21 bits per heavy atom. The summed E-state index contributed by atoms with van der Waals surface area (Å²) in [4.78, 5) is 17.8. The number of carbonyl (C=O) groups excluding carboxylic acids is 1. The summed E-state index contributed by atoms with van der Waals surface area (Å²) in [5.41, 5.74) is 4.73. The highest BCUT2D eigenvalue weighted by Crippen LogP contribution is 2.28. The van der Waals surface area contributed by atoms with Crippen LogP contribution in [0.1, 0.15) is 11.3 Å². The first-order valence-corrected chi connectivity index (χ1v) is 8.16. The van der Waals surface area contributed by atoms with Gasteiger partial charge in [-0.15, -0.1) is 0 Å². The summed E-state index contributed by atoms with van der Waals surface area (Å²) < 4.78 is 0. The number of nitrogens with zero attached hydrogens (tertiary/aromatic N) is 1. The minimum Gasteiger partial charge on any atom is -0.376 e. The Morgan fingerprint density at radius 2 is 1.96 bits per heavy atom. The summed E-state index contributed by atoms with van der Waals surface area (Å²) in [7, 11) is 3.87. The van der Waals surface area contributed by atoms with Gasteiger partial charge in [0, 0.05) is 35.7 Å². The molecule has 2 N–H and O–H groups in total. The monoisotopic (exact) mass is 341 g/mol. The molecule has 0 saturated heterocycles. The van der Waals surface area contributed by atoms with E-state index in [1.165, 1.54) is 0 Å². The lowest BCUT2D eigenvalue weighted by atomic mass is 10.1. The number of amides is 1. The second kappa shape index (κ2) is 6.57. The largest absolute Gasteiger partial charge is 0.376 e. The Balaban J connectivity index is 1.86. The summed E-state index contributed by atoms with van der Waals surface area (Å²) in [5, 5.41) is 4.67. The van der Waals surface area contributed by atoms with Crippen LogP contribution in [0.4, 0.5) is 11.4 Å². The van der Waals surface area contributed by atoms with E-state index in [0.29, 0.717) is 11.4 Å². The van der Waals surface area contributed by atoms with Crippen molar-refractivity contribution >= 4 is 39.8 Å². The van der Waals surface area contributed by atoms with Crippen LogP contribution in [-0.4, -0.2) is 25.0 Å². The Labute approximate surface area is 146 Å². The van der Waals surface area contributed by atoms with E-state index in [2.05, 4.69) is 10.3 Å². The molecule has 24 heavy (non-hydrogen) atoms. The molecule has 0 bridgehead atoms. The minimum atomic E-state index is -0.0618. The van der Waals surface area contributed by atoms with Crippen LogP contribution < -0.4 is 10.2 Å². The summed E-state index contributed by atoms with van der Waals surface area (Å²) in [6, 6.07) is 13.5. The lowest BCUT2D eigenvalue weighted by Crippen LogP contribution is -2.18. The number of hydrogen-bond acceptors (Lipinski definition) is 2. The van der Waals surface area contributed by atoms with Gasteiger partial charge in [0.1, 0.15) is 0 Å². The summed E-state index contributed by atoms with van der Waals surface area (Å²) in [6.45, 7) is 1.99. The van der Waals surface area contributed by atoms with Crippen LogP contribution in [0.25, 0.3) is 10.9 Å². The van der Waals surface area contributed by atoms with E-state index in [9.17, 15) is 4.79 Å². The van der Waals surface area contributed by atoms with Crippen LogP contribution in [0.2, 0.25) is 5.02 Å². The maximum Gasteiger partial charge on any atom is 0.228 e. The number of aromatic nitrogens is 1. The molecule has 0 aliphatic heterocycles. The quantitative estimate of drug-likeness (QED) is 0.740. The van der Waals surface area contributed by atoms with Crippen molar-refractivity contribution in [2.75, 3.05) is 24.3 Å². The second-order valence-corrected chi connectivity index (χ2v) is 6.49. The highest BCUT2D eigenvalue weighted by atomic mass is 35.5. The lowest BCUT2D eigenvalue weighted by Gasteiger charge is -2.18. The molecule has 0 radical (unpaired) electrons. The molecule has 3 rings (SSSR count). The number of anilines is 2. The molecule has 5 heteroatoms. The standard InChI is InChI=1S/C19H20ClN3O/c1-12-15(14-6-4-5-7-16(14)21-12)11-19(24)22-17-10-13(20)8-9-18(17)23(2)3/h4-10,21H,11H2,1-3H3,(H,22,24). The van der Waals surface area contributed by atoms with Gasteiger partial charge < -0.3 is 15.2 Å². The van der Waals surface area contributed by atoms with Crippen LogP contribution in [0.15, 0.2) is 42.5 Å². The maximum absolute atomic E-state index is 12.6. The van der Waals surface area contributed by atoms with Crippen molar-refractivity contribution in [2.24, 2.45) is 0 Å². The van der Waals surface area contributed by atoms with E-state index in [-0.39, 0.29) is 5.91 Å². The zero-order valence-corrected chi connectivity index (χ0v) is 14.7. The molecule has 3 aromatic rings. The van der Waals surface area contributed by atoms with Gasteiger partial charge in [-0.05, 0) is 36.8 Å². The van der Waals surface area contributed by atoms with Gasteiger partial charge in [-0.2, -0.15) is 0 Å². The molecule has 4 nitrogen and oxygen atoms in total. The lowest BCUT2D eigenvalue weighted by molar-refractivity contribution is -0.115. The first-order valence-electron chi connectivity index (χ1n) is 7.78. The third-order valence-electron chi connectivity index (χ3n) is 4.08. The predicted octanol–water partition coefficient (Wildman–Crippen LogP) is 4.38. The van der Waals surface area contributed by atoms with E-state index < -0.39 is 0 Å². The number of fused-ring (bicyclic) bond motifs is 1. The van der Waals surface area contributed by atoms with Crippen molar-refractivity contribution in [2.45, 2.75) is 13.3 Å². The molecule has 1 amide bonds. The average Bonchev–Trinajstić information content (AvgIpc) is 2.83. The van der Waals surface area contributed by atoms with Gasteiger partial charge in [0.25, 0.3) is 0 Å². The van der Waals surface area contributed by atoms with Crippen LogP contribution in [0.3, 0.4) is 0 Å². The topological polar surface area (TPSA) is 48.1 Å². The number of rotatable bonds is 4. The molecule has 0 spiro atoms. The molecular weight excluding hydrogens is 322 g/mol. The third-order valence-corrected chi connectivity index (χ3v) is 4.31. The van der Waals surface area contributed by atoms with E-state index >= 15 is 0 Å². The molecule has 124 valence electrons. The molecule has 0 aliphatic carbocycles.